The smallest absolute Gasteiger partial charge is 0.297 e. The number of nitrogens with one attached hydrogen (secondary N) is 2. The van der Waals surface area contributed by atoms with E-state index in [4.69, 9.17) is 4.74 Å². The molecule has 0 atom stereocenters. The summed E-state index contributed by atoms with van der Waals surface area (Å²) in [5.74, 6) is -0.859. The zero-order chi connectivity index (χ0) is 40.2. The van der Waals surface area contributed by atoms with Gasteiger partial charge in [-0.25, -0.2) is 0 Å². The number of hydrogen-bond donors (Lipinski definition) is 2. The second-order valence-corrected chi connectivity index (χ2v) is 13.3. The zero-order valence-electron chi connectivity index (χ0n) is 34.7. The van der Waals surface area contributed by atoms with Crippen molar-refractivity contribution in [1.82, 2.24) is 15.5 Å². The Morgan fingerprint density at radius 1 is 0.830 bits per heavy atom. The predicted molar refractivity (Wildman–Crippen MR) is 215 cm³/mol. The van der Waals surface area contributed by atoms with E-state index in [1.54, 1.807) is 6.92 Å². The summed E-state index contributed by atoms with van der Waals surface area (Å²) in [5.41, 5.74) is -0.292. The fraction of sp³-hybridized carbons (Fsp3) is 0.732. The maximum atomic E-state index is 13.6. The van der Waals surface area contributed by atoms with Crippen LogP contribution < -0.4 is 10.6 Å². The van der Waals surface area contributed by atoms with Gasteiger partial charge in [-0.2, -0.15) is 0 Å². The van der Waals surface area contributed by atoms with E-state index in [2.05, 4.69) is 48.6 Å². The molecule has 1 aromatic rings. The molecule has 0 heterocycles. The van der Waals surface area contributed by atoms with Gasteiger partial charge in [0.25, 0.3) is 17.5 Å². The number of nitro benzene ring substituents is 1. The van der Waals surface area contributed by atoms with Gasteiger partial charge in [0.1, 0.15) is 0 Å². The molecular weight excluding hydrogens is 672 g/mol. The molecule has 3 aliphatic rings. The topological polar surface area (TPSA) is 156 Å². The molecule has 1 aromatic carbocycles. The highest BCUT2D eigenvalue weighted by atomic mass is 16.6. The molecule has 4 rings (SSSR count). The minimum Gasteiger partial charge on any atom is -0.481 e. The van der Waals surface area contributed by atoms with Crippen molar-refractivity contribution in [1.29, 1.82) is 0 Å². The third-order valence-electron chi connectivity index (χ3n) is 8.92. The van der Waals surface area contributed by atoms with Crippen LogP contribution in [-0.4, -0.2) is 53.3 Å². The molecule has 3 amide bonds. The van der Waals surface area contributed by atoms with Crippen LogP contribution in [0, 0.1) is 17.0 Å². The molecule has 53 heavy (non-hydrogen) atoms. The van der Waals surface area contributed by atoms with E-state index in [1.807, 2.05) is 27.7 Å². The van der Waals surface area contributed by atoms with E-state index in [0.29, 0.717) is 6.41 Å². The van der Waals surface area contributed by atoms with Crippen LogP contribution in [0.1, 0.15) is 180 Å². The van der Waals surface area contributed by atoms with Gasteiger partial charge in [-0.15, -0.1) is 10.2 Å². The van der Waals surface area contributed by atoms with Gasteiger partial charge in [-0.3, -0.25) is 29.4 Å². The summed E-state index contributed by atoms with van der Waals surface area (Å²) in [7, 11) is 1.45. The average molecular weight is 745 g/mol. The standard InChI is InChI=1S/C31H44N6O6.2C3H8.2C2H6/c1-21-25(31(40)36(20-38)24-16-10-5-11-17-24)18-19-26(37(41)42)27(21)34-35-28(29(39)32-22-12-6-3-7-13-22)30(43-2)33-23-14-8-4-9-15-23;2*1-3-2;2*1-2/h18-20,22-24,33H,3-17H2,1-2H3,(H,32,39);2*3H2,1-2H3;2*1-2H3/b30-28-,35-34?;;;;. The van der Waals surface area contributed by atoms with Crippen molar-refractivity contribution in [2.75, 3.05) is 7.11 Å². The molecular formula is C41H72N6O6. The molecule has 0 spiro atoms. The van der Waals surface area contributed by atoms with Gasteiger partial charge in [0.15, 0.2) is 5.69 Å². The summed E-state index contributed by atoms with van der Waals surface area (Å²) in [6.45, 7) is 18.0. The molecule has 3 saturated carbocycles. The third kappa shape index (κ3) is 16.8. The third-order valence-corrected chi connectivity index (χ3v) is 8.92. The first kappa shape index (κ1) is 49.2. The van der Waals surface area contributed by atoms with Gasteiger partial charge in [0.05, 0.1) is 12.0 Å². The highest BCUT2D eigenvalue weighted by Gasteiger charge is 2.30. The first-order chi connectivity index (χ1) is 25.7. The summed E-state index contributed by atoms with van der Waals surface area (Å²) < 4.78 is 5.62. The fourth-order valence-corrected chi connectivity index (χ4v) is 6.44. The number of nitro groups is 1. The van der Waals surface area contributed by atoms with Gasteiger partial charge >= 0.3 is 0 Å². The van der Waals surface area contributed by atoms with Crippen LogP contribution in [0.2, 0.25) is 0 Å². The van der Waals surface area contributed by atoms with Crippen LogP contribution in [0.25, 0.3) is 0 Å². The van der Waals surface area contributed by atoms with Crippen molar-refractivity contribution >= 4 is 29.6 Å². The first-order valence-electron chi connectivity index (χ1n) is 20.5. The molecule has 0 aromatic heterocycles. The minimum absolute atomic E-state index is 0.00892. The highest BCUT2D eigenvalue weighted by Crippen LogP contribution is 2.35. The van der Waals surface area contributed by atoms with Crippen molar-refractivity contribution < 1.29 is 24.0 Å². The monoisotopic (exact) mass is 745 g/mol. The molecule has 12 nitrogen and oxygen atoms in total. The summed E-state index contributed by atoms with van der Waals surface area (Å²) in [6.07, 6.45) is 17.4. The maximum absolute atomic E-state index is 13.6. The number of hydrogen-bond acceptors (Lipinski definition) is 9. The predicted octanol–water partition coefficient (Wildman–Crippen LogP) is 11.0. The lowest BCUT2D eigenvalue weighted by Gasteiger charge is -2.30. The lowest BCUT2D eigenvalue weighted by Crippen LogP contribution is -2.40. The summed E-state index contributed by atoms with van der Waals surface area (Å²) >= 11 is 0. The van der Waals surface area contributed by atoms with Gasteiger partial charge < -0.3 is 15.4 Å². The van der Waals surface area contributed by atoms with Crippen molar-refractivity contribution in [3.05, 3.63) is 45.0 Å². The average Bonchev–Trinajstić information content (AvgIpc) is 3.18. The van der Waals surface area contributed by atoms with Gasteiger partial charge in [-0.05, 0) is 57.1 Å². The van der Waals surface area contributed by atoms with Crippen molar-refractivity contribution in [3.8, 4) is 0 Å². The van der Waals surface area contributed by atoms with E-state index in [1.165, 1.54) is 37.0 Å². The van der Waals surface area contributed by atoms with Crippen molar-refractivity contribution in [2.24, 2.45) is 10.2 Å². The molecule has 0 bridgehead atoms. The van der Waals surface area contributed by atoms with E-state index in [-0.39, 0.29) is 52.2 Å². The Kier molecular flexibility index (Phi) is 27.5. The van der Waals surface area contributed by atoms with Crippen LogP contribution in [0.15, 0.2) is 33.9 Å². The molecule has 2 N–H and O–H groups in total. The van der Waals surface area contributed by atoms with E-state index < -0.39 is 16.7 Å². The van der Waals surface area contributed by atoms with Crippen LogP contribution in [0.5, 0.6) is 0 Å². The Balaban J connectivity index is 0.00000245. The molecule has 302 valence electrons. The van der Waals surface area contributed by atoms with E-state index in [0.717, 1.165) is 96.3 Å². The van der Waals surface area contributed by atoms with E-state index in [9.17, 15) is 24.5 Å². The first-order valence-corrected chi connectivity index (χ1v) is 20.5. The van der Waals surface area contributed by atoms with Crippen molar-refractivity contribution in [2.45, 2.75) is 190 Å². The number of nitrogens with zero attached hydrogens (tertiary/aromatic N) is 4. The number of amides is 3. The second kappa shape index (κ2) is 29.6. The summed E-state index contributed by atoms with van der Waals surface area (Å²) in [6, 6.07) is 2.42. The van der Waals surface area contributed by atoms with Crippen molar-refractivity contribution in [3.63, 3.8) is 0 Å². The Bertz CT molecular complexity index is 1260. The lowest BCUT2D eigenvalue weighted by atomic mass is 9.93. The SMILES string of the molecule is CC.CC.CCC.CCC.CO/C(NC1CCCCC1)=C(\N=Nc1c([N+](=O)[O-])ccc(C(=O)N(C=O)C2CCCCC2)c1C)C(=O)NC1CCCCC1. The Labute approximate surface area is 320 Å². The number of methoxy groups -OCH3 is 1. The molecule has 0 aliphatic heterocycles. The molecule has 0 saturated heterocycles. The lowest BCUT2D eigenvalue weighted by molar-refractivity contribution is -0.384. The normalized spacial score (nSPS) is 16.6. The Hall–Kier alpha value is -3.83. The number of rotatable bonds is 11. The molecule has 3 aliphatic carbocycles. The zero-order valence-corrected chi connectivity index (χ0v) is 34.7. The second-order valence-electron chi connectivity index (χ2n) is 13.3. The number of benzene rings is 1. The number of carbonyl (C=O) groups excluding carboxylic acids is 3. The number of azo groups is 1. The Morgan fingerprint density at radius 3 is 1.72 bits per heavy atom. The molecule has 0 radical (unpaired) electrons. The largest absolute Gasteiger partial charge is 0.481 e. The van der Waals surface area contributed by atoms with Crippen LogP contribution in [0.4, 0.5) is 11.4 Å². The van der Waals surface area contributed by atoms with Crippen LogP contribution in [-0.2, 0) is 14.3 Å². The van der Waals surface area contributed by atoms with Gasteiger partial charge in [0.2, 0.25) is 18.0 Å². The number of imide groups is 1. The van der Waals surface area contributed by atoms with E-state index >= 15 is 0 Å². The highest BCUT2D eigenvalue weighted by molar-refractivity contribution is 6.02. The Morgan fingerprint density at radius 2 is 1.28 bits per heavy atom. The number of carbonyl (C=O) groups is 3. The van der Waals surface area contributed by atoms with Crippen LogP contribution in [0.3, 0.4) is 0 Å². The fourth-order valence-electron chi connectivity index (χ4n) is 6.44. The minimum atomic E-state index is -0.600. The summed E-state index contributed by atoms with van der Waals surface area (Å²) in [4.78, 5) is 51.7. The molecule has 12 heteroatoms. The van der Waals surface area contributed by atoms with Crippen LogP contribution >= 0.6 is 0 Å². The number of ether oxygens (including phenoxy) is 1. The molecule has 3 fully saturated rings. The van der Waals surface area contributed by atoms with Gasteiger partial charge in [0, 0.05) is 29.8 Å². The molecule has 0 unspecified atom stereocenters. The summed E-state index contributed by atoms with van der Waals surface area (Å²) in [5, 5.41) is 26.9. The quantitative estimate of drug-likeness (QED) is 0.0570. The maximum Gasteiger partial charge on any atom is 0.297 e. The van der Waals surface area contributed by atoms with Gasteiger partial charge in [-0.1, -0.05) is 126 Å².